The molecule has 5 heteroatoms. The highest BCUT2D eigenvalue weighted by Crippen LogP contribution is 2.14. The lowest BCUT2D eigenvalue weighted by Gasteiger charge is -2.17. The first kappa shape index (κ1) is 12.0. The molecular formula is C12H15N3OS. The van der Waals surface area contributed by atoms with E-state index in [9.17, 15) is 0 Å². The normalized spacial score (nSPS) is 10.5. The number of anilines is 1. The van der Waals surface area contributed by atoms with Crippen molar-refractivity contribution >= 4 is 17.3 Å². The Morgan fingerprint density at radius 2 is 2.29 bits per heavy atom. The standard InChI is InChI=1S/C12H15N3OS/c1-9-11(7-16)5-13-12(14-9)15(2)6-10-3-4-17-8-10/h3-5,8,16H,6-7H2,1-2H3. The Hall–Kier alpha value is -1.46. The van der Waals surface area contributed by atoms with E-state index in [0.29, 0.717) is 5.95 Å². The molecule has 2 heterocycles. The maximum absolute atomic E-state index is 9.06. The minimum absolute atomic E-state index is 0.0135. The first-order valence-corrected chi connectivity index (χ1v) is 6.30. The van der Waals surface area contributed by atoms with Gasteiger partial charge in [-0.2, -0.15) is 11.3 Å². The molecule has 2 rings (SSSR count). The first-order chi connectivity index (χ1) is 8.20. The summed E-state index contributed by atoms with van der Waals surface area (Å²) >= 11 is 1.69. The van der Waals surface area contributed by atoms with Gasteiger partial charge in [-0.1, -0.05) is 0 Å². The Labute approximate surface area is 105 Å². The average Bonchev–Trinajstić information content (AvgIpc) is 2.81. The van der Waals surface area contributed by atoms with Crippen molar-refractivity contribution in [2.45, 2.75) is 20.1 Å². The predicted molar refractivity (Wildman–Crippen MR) is 69.1 cm³/mol. The van der Waals surface area contributed by atoms with E-state index in [2.05, 4.69) is 26.8 Å². The first-order valence-electron chi connectivity index (χ1n) is 5.36. The molecule has 0 saturated carbocycles. The van der Waals surface area contributed by atoms with Gasteiger partial charge in [0.05, 0.1) is 6.61 Å². The summed E-state index contributed by atoms with van der Waals surface area (Å²) in [5.74, 6) is 0.686. The van der Waals surface area contributed by atoms with Gasteiger partial charge in [0.2, 0.25) is 5.95 Å². The van der Waals surface area contributed by atoms with E-state index < -0.39 is 0 Å². The molecule has 0 aliphatic heterocycles. The SMILES string of the molecule is Cc1nc(N(C)Cc2ccsc2)ncc1CO. The van der Waals surface area contributed by atoms with Crippen molar-refractivity contribution in [3.05, 3.63) is 39.8 Å². The van der Waals surface area contributed by atoms with Crippen LogP contribution in [0.15, 0.2) is 23.0 Å². The van der Waals surface area contributed by atoms with Gasteiger partial charge in [-0.3, -0.25) is 0 Å². The van der Waals surface area contributed by atoms with E-state index in [-0.39, 0.29) is 6.61 Å². The summed E-state index contributed by atoms with van der Waals surface area (Å²) in [5.41, 5.74) is 2.86. The molecule has 0 aliphatic carbocycles. The lowest BCUT2D eigenvalue weighted by Crippen LogP contribution is -2.19. The van der Waals surface area contributed by atoms with Gasteiger partial charge in [0.15, 0.2) is 0 Å². The van der Waals surface area contributed by atoms with Crippen LogP contribution in [0.25, 0.3) is 0 Å². The molecule has 0 spiro atoms. The van der Waals surface area contributed by atoms with Crippen molar-refractivity contribution in [3.63, 3.8) is 0 Å². The smallest absolute Gasteiger partial charge is 0.225 e. The number of nitrogens with zero attached hydrogens (tertiary/aromatic N) is 3. The van der Waals surface area contributed by atoms with Crippen LogP contribution in [0.2, 0.25) is 0 Å². The molecule has 17 heavy (non-hydrogen) atoms. The summed E-state index contributed by atoms with van der Waals surface area (Å²) < 4.78 is 0. The van der Waals surface area contributed by atoms with Crippen LogP contribution in [0.3, 0.4) is 0 Å². The summed E-state index contributed by atoms with van der Waals surface area (Å²) in [4.78, 5) is 10.6. The van der Waals surface area contributed by atoms with Crippen molar-refractivity contribution in [1.82, 2.24) is 9.97 Å². The van der Waals surface area contributed by atoms with Gasteiger partial charge in [0.25, 0.3) is 0 Å². The summed E-state index contributed by atoms with van der Waals surface area (Å²) in [6.07, 6.45) is 1.68. The quantitative estimate of drug-likeness (QED) is 0.900. The number of aromatic nitrogens is 2. The molecule has 0 atom stereocenters. The van der Waals surface area contributed by atoms with Crippen LogP contribution in [0.5, 0.6) is 0 Å². The Balaban J connectivity index is 2.14. The highest BCUT2D eigenvalue weighted by Gasteiger charge is 2.07. The number of aliphatic hydroxyl groups excluding tert-OH is 1. The van der Waals surface area contributed by atoms with Crippen LogP contribution in [-0.4, -0.2) is 22.1 Å². The zero-order valence-corrected chi connectivity index (χ0v) is 10.7. The van der Waals surface area contributed by atoms with Crippen LogP contribution >= 0.6 is 11.3 Å². The maximum Gasteiger partial charge on any atom is 0.225 e. The van der Waals surface area contributed by atoms with Gasteiger partial charge in [0, 0.05) is 31.0 Å². The minimum Gasteiger partial charge on any atom is -0.392 e. The van der Waals surface area contributed by atoms with Gasteiger partial charge in [-0.25, -0.2) is 9.97 Å². The van der Waals surface area contributed by atoms with E-state index in [1.165, 1.54) is 5.56 Å². The molecule has 0 unspecified atom stereocenters. The van der Waals surface area contributed by atoms with Crippen LogP contribution in [0, 0.1) is 6.92 Å². The van der Waals surface area contributed by atoms with Crippen LogP contribution in [0.4, 0.5) is 5.95 Å². The van der Waals surface area contributed by atoms with Crippen LogP contribution < -0.4 is 4.90 Å². The fraction of sp³-hybridized carbons (Fsp3) is 0.333. The number of thiophene rings is 1. The highest BCUT2D eigenvalue weighted by molar-refractivity contribution is 7.07. The summed E-state index contributed by atoms with van der Waals surface area (Å²) in [6.45, 7) is 2.66. The third kappa shape index (κ3) is 2.81. The second-order valence-electron chi connectivity index (χ2n) is 3.93. The molecular weight excluding hydrogens is 234 g/mol. The molecule has 0 aromatic carbocycles. The molecule has 0 aliphatic rings. The Kier molecular flexibility index (Phi) is 3.71. The van der Waals surface area contributed by atoms with Crippen molar-refractivity contribution in [3.8, 4) is 0 Å². The van der Waals surface area contributed by atoms with Gasteiger partial charge in [-0.05, 0) is 29.3 Å². The number of aryl methyl sites for hydroxylation is 1. The predicted octanol–water partition coefficient (Wildman–Crippen LogP) is 1.98. The van der Waals surface area contributed by atoms with Gasteiger partial charge in [-0.15, -0.1) is 0 Å². The summed E-state index contributed by atoms with van der Waals surface area (Å²) in [7, 11) is 1.96. The lowest BCUT2D eigenvalue weighted by atomic mass is 10.2. The second-order valence-corrected chi connectivity index (χ2v) is 4.71. The molecule has 2 aromatic rings. The Bertz CT molecular complexity index is 485. The van der Waals surface area contributed by atoms with E-state index in [0.717, 1.165) is 17.8 Å². The molecule has 0 radical (unpaired) electrons. The topological polar surface area (TPSA) is 49.2 Å². The summed E-state index contributed by atoms with van der Waals surface area (Å²) in [5, 5.41) is 13.2. The molecule has 0 amide bonds. The van der Waals surface area contributed by atoms with Crippen LogP contribution in [0.1, 0.15) is 16.8 Å². The van der Waals surface area contributed by atoms with E-state index >= 15 is 0 Å². The Morgan fingerprint density at radius 3 is 2.88 bits per heavy atom. The zero-order valence-electron chi connectivity index (χ0n) is 9.92. The molecule has 0 bridgehead atoms. The second kappa shape index (κ2) is 5.25. The van der Waals surface area contributed by atoms with Crippen molar-refractivity contribution < 1.29 is 5.11 Å². The van der Waals surface area contributed by atoms with E-state index in [1.807, 2.05) is 18.9 Å². The highest BCUT2D eigenvalue weighted by atomic mass is 32.1. The monoisotopic (exact) mass is 249 g/mol. The van der Waals surface area contributed by atoms with Gasteiger partial charge >= 0.3 is 0 Å². The van der Waals surface area contributed by atoms with Gasteiger partial charge in [0.1, 0.15) is 0 Å². The third-order valence-electron chi connectivity index (χ3n) is 2.58. The number of hydrogen-bond donors (Lipinski definition) is 1. The zero-order chi connectivity index (χ0) is 12.3. The molecule has 4 nitrogen and oxygen atoms in total. The maximum atomic E-state index is 9.06. The van der Waals surface area contributed by atoms with Crippen molar-refractivity contribution in [2.24, 2.45) is 0 Å². The molecule has 0 fully saturated rings. The van der Waals surface area contributed by atoms with Crippen molar-refractivity contribution in [2.75, 3.05) is 11.9 Å². The number of rotatable bonds is 4. The fourth-order valence-corrected chi connectivity index (χ4v) is 2.21. The van der Waals surface area contributed by atoms with Crippen LogP contribution in [-0.2, 0) is 13.2 Å². The van der Waals surface area contributed by atoms with Gasteiger partial charge < -0.3 is 10.0 Å². The number of hydrogen-bond acceptors (Lipinski definition) is 5. The molecule has 90 valence electrons. The largest absolute Gasteiger partial charge is 0.392 e. The minimum atomic E-state index is -0.0135. The summed E-state index contributed by atoms with van der Waals surface area (Å²) in [6, 6.07) is 2.09. The molecule has 1 N–H and O–H groups in total. The fourth-order valence-electron chi connectivity index (χ4n) is 1.55. The molecule has 0 saturated heterocycles. The average molecular weight is 249 g/mol. The third-order valence-corrected chi connectivity index (χ3v) is 3.31. The molecule has 2 aromatic heterocycles. The van der Waals surface area contributed by atoms with E-state index in [1.54, 1.807) is 17.5 Å². The number of aliphatic hydroxyl groups is 1. The lowest BCUT2D eigenvalue weighted by molar-refractivity contribution is 0.280. The van der Waals surface area contributed by atoms with Crippen molar-refractivity contribution in [1.29, 1.82) is 0 Å². The Morgan fingerprint density at radius 1 is 1.47 bits per heavy atom. The van der Waals surface area contributed by atoms with E-state index in [4.69, 9.17) is 5.11 Å².